The highest BCUT2D eigenvalue weighted by Crippen LogP contribution is 2.38. The van der Waals surface area contributed by atoms with Crippen molar-refractivity contribution in [3.63, 3.8) is 0 Å². The Morgan fingerprint density at radius 2 is 1.94 bits per heavy atom. The fourth-order valence-electron chi connectivity index (χ4n) is 3.66. The minimum Gasteiger partial charge on any atom is -0.463 e. The number of carbonyl (C=O) groups excluding carboxylic acids is 1. The van der Waals surface area contributed by atoms with Crippen LogP contribution < -0.4 is 10.5 Å². The third-order valence-corrected chi connectivity index (χ3v) is 6.42. The average molecular weight is 445 g/mol. The minimum absolute atomic E-state index is 0.0901. The third kappa shape index (κ3) is 4.26. The molecule has 2 fully saturated rings. The molecule has 2 aromatic rings. The van der Waals surface area contributed by atoms with E-state index in [9.17, 15) is 18.0 Å². The summed E-state index contributed by atoms with van der Waals surface area (Å²) < 4.78 is 35.1. The topological polar surface area (TPSA) is 108 Å². The van der Waals surface area contributed by atoms with Crippen molar-refractivity contribution in [1.29, 1.82) is 0 Å². The number of ether oxygens (including phenoxy) is 2. The van der Waals surface area contributed by atoms with Crippen molar-refractivity contribution in [1.82, 2.24) is 9.55 Å². The summed E-state index contributed by atoms with van der Waals surface area (Å²) in [5.41, 5.74) is 0.664. The van der Waals surface area contributed by atoms with Gasteiger partial charge >= 0.3 is 5.97 Å². The zero-order valence-corrected chi connectivity index (χ0v) is 18.1. The Morgan fingerprint density at radius 3 is 2.48 bits per heavy atom. The van der Waals surface area contributed by atoms with E-state index in [0.717, 1.165) is 6.26 Å². The van der Waals surface area contributed by atoms with E-state index in [4.69, 9.17) is 9.47 Å². The number of aromatic nitrogens is 2. The summed E-state index contributed by atoms with van der Waals surface area (Å²) in [5, 5.41) is 0. The number of rotatable bonds is 6. The van der Waals surface area contributed by atoms with Gasteiger partial charge in [-0.2, -0.15) is 0 Å². The molecule has 164 valence electrons. The lowest BCUT2D eigenvalue weighted by Gasteiger charge is -2.55. The van der Waals surface area contributed by atoms with Crippen LogP contribution in [-0.4, -0.2) is 63.1 Å². The summed E-state index contributed by atoms with van der Waals surface area (Å²) in [7, 11) is -3.35. The van der Waals surface area contributed by atoms with Crippen LogP contribution in [0.25, 0.3) is 11.8 Å². The number of carbonyl (C=O) groups is 1. The molecular weight excluding hydrogens is 422 g/mol. The summed E-state index contributed by atoms with van der Waals surface area (Å²) in [4.78, 5) is 31.4. The Balaban J connectivity index is 1.72. The predicted octanol–water partition coefficient (Wildman–Crippen LogP) is 1.05. The first-order valence-corrected chi connectivity index (χ1v) is 11.7. The Morgan fingerprint density at radius 1 is 1.26 bits per heavy atom. The van der Waals surface area contributed by atoms with Gasteiger partial charge in [-0.25, -0.2) is 18.2 Å². The molecule has 10 heteroatoms. The SMILES string of the molecule is CCOC(=O)/C=C/c1cn(-c2ccc(S(C)(=O)=O)cc2)c(=O)c(N2CC3(COC3)C2)n1. The van der Waals surface area contributed by atoms with E-state index in [2.05, 4.69) is 4.98 Å². The van der Waals surface area contributed by atoms with Gasteiger partial charge in [0.25, 0.3) is 5.56 Å². The van der Waals surface area contributed by atoms with Crippen LogP contribution in [0.15, 0.2) is 46.2 Å². The van der Waals surface area contributed by atoms with Gasteiger partial charge in [0.05, 0.1) is 35.8 Å². The number of hydrogen-bond donors (Lipinski definition) is 0. The van der Waals surface area contributed by atoms with Crippen molar-refractivity contribution in [2.75, 3.05) is 44.1 Å². The van der Waals surface area contributed by atoms with Crippen molar-refractivity contribution >= 4 is 27.7 Å². The Bertz CT molecular complexity index is 1190. The highest BCUT2D eigenvalue weighted by Gasteiger charge is 2.50. The van der Waals surface area contributed by atoms with E-state index in [0.29, 0.717) is 37.7 Å². The van der Waals surface area contributed by atoms with E-state index in [-0.39, 0.29) is 28.3 Å². The molecule has 2 aliphatic rings. The van der Waals surface area contributed by atoms with Crippen LogP contribution in [0.5, 0.6) is 0 Å². The molecule has 0 saturated carbocycles. The average Bonchev–Trinajstić information content (AvgIpc) is 2.65. The van der Waals surface area contributed by atoms with Crippen LogP contribution >= 0.6 is 0 Å². The summed E-state index contributed by atoms with van der Waals surface area (Å²) in [6.07, 6.45) is 5.39. The molecule has 3 heterocycles. The van der Waals surface area contributed by atoms with Crippen LogP contribution in [0.1, 0.15) is 12.6 Å². The molecule has 1 aromatic heterocycles. The molecule has 0 bridgehead atoms. The zero-order chi connectivity index (χ0) is 22.2. The number of sulfone groups is 1. The lowest BCUT2D eigenvalue weighted by Crippen LogP contribution is -2.67. The summed E-state index contributed by atoms with van der Waals surface area (Å²) in [6, 6.07) is 6.04. The summed E-state index contributed by atoms with van der Waals surface area (Å²) in [5.74, 6) is -0.230. The highest BCUT2D eigenvalue weighted by molar-refractivity contribution is 7.90. The smallest absolute Gasteiger partial charge is 0.330 e. The van der Waals surface area contributed by atoms with Gasteiger partial charge in [0.2, 0.25) is 0 Å². The maximum atomic E-state index is 13.2. The summed E-state index contributed by atoms with van der Waals surface area (Å²) in [6.45, 7) is 4.67. The quantitative estimate of drug-likeness (QED) is 0.480. The maximum absolute atomic E-state index is 13.2. The zero-order valence-electron chi connectivity index (χ0n) is 17.3. The minimum atomic E-state index is -3.35. The molecule has 1 aromatic carbocycles. The van der Waals surface area contributed by atoms with Crippen LogP contribution in [-0.2, 0) is 24.1 Å². The van der Waals surface area contributed by atoms with Crippen molar-refractivity contribution in [2.45, 2.75) is 11.8 Å². The van der Waals surface area contributed by atoms with Gasteiger partial charge in [-0.3, -0.25) is 9.36 Å². The lowest BCUT2D eigenvalue weighted by molar-refractivity contribution is -0.137. The second kappa shape index (κ2) is 7.93. The van der Waals surface area contributed by atoms with Crippen molar-refractivity contribution in [2.24, 2.45) is 5.41 Å². The fraction of sp³-hybridized carbons (Fsp3) is 0.381. The highest BCUT2D eigenvalue weighted by atomic mass is 32.2. The van der Waals surface area contributed by atoms with Crippen molar-refractivity contribution < 1.29 is 22.7 Å². The van der Waals surface area contributed by atoms with E-state index in [1.54, 1.807) is 19.1 Å². The Kier molecular flexibility index (Phi) is 5.44. The first kappa shape index (κ1) is 21.3. The summed E-state index contributed by atoms with van der Waals surface area (Å²) >= 11 is 0. The van der Waals surface area contributed by atoms with E-state index in [1.165, 1.54) is 35.0 Å². The van der Waals surface area contributed by atoms with E-state index >= 15 is 0 Å². The van der Waals surface area contributed by atoms with Gasteiger partial charge in [-0.15, -0.1) is 0 Å². The first-order chi connectivity index (χ1) is 14.7. The molecule has 2 aliphatic heterocycles. The molecule has 0 radical (unpaired) electrons. The number of benzene rings is 1. The molecule has 9 nitrogen and oxygen atoms in total. The number of anilines is 1. The molecular formula is C21H23N3O6S. The molecule has 1 spiro atoms. The van der Waals surface area contributed by atoms with Crippen LogP contribution in [0.4, 0.5) is 5.82 Å². The Labute approximate surface area is 179 Å². The first-order valence-electron chi connectivity index (χ1n) is 9.82. The third-order valence-electron chi connectivity index (χ3n) is 5.29. The lowest BCUT2D eigenvalue weighted by atomic mass is 9.78. The number of hydrogen-bond acceptors (Lipinski definition) is 8. The predicted molar refractivity (Wildman–Crippen MR) is 114 cm³/mol. The second-order valence-electron chi connectivity index (χ2n) is 7.86. The van der Waals surface area contributed by atoms with Gasteiger partial charge < -0.3 is 14.4 Å². The molecule has 0 amide bonds. The Hall–Kier alpha value is -2.98. The molecule has 2 saturated heterocycles. The molecule has 0 atom stereocenters. The normalized spacial score (nSPS) is 17.4. The van der Waals surface area contributed by atoms with Gasteiger partial charge in [-0.05, 0) is 37.3 Å². The van der Waals surface area contributed by atoms with Gasteiger partial charge in [-0.1, -0.05) is 0 Å². The van der Waals surface area contributed by atoms with E-state index in [1.807, 2.05) is 4.90 Å². The molecule has 0 unspecified atom stereocenters. The maximum Gasteiger partial charge on any atom is 0.330 e. The van der Waals surface area contributed by atoms with Crippen LogP contribution in [0, 0.1) is 5.41 Å². The molecule has 31 heavy (non-hydrogen) atoms. The standard InChI is InChI=1S/C21H23N3O6S/c1-3-30-18(25)9-4-15-10-24(16-5-7-17(8-6-16)31(2,27)28)20(26)19(22-15)23-11-21(12-23)13-29-14-21/h4-10H,3,11-14H2,1-2H3/b9-4+. The molecule has 4 rings (SSSR count). The largest absolute Gasteiger partial charge is 0.463 e. The molecule has 0 aliphatic carbocycles. The number of esters is 1. The van der Waals surface area contributed by atoms with Crippen molar-refractivity contribution in [3.05, 3.63) is 52.6 Å². The molecule has 0 N–H and O–H groups in total. The fourth-order valence-corrected chi connectivity index (χ4v) is 4.29. The van der Waals surface area contributed by atoms with Crippen molar-refractivity contribution in [3.8, 4) is 5.69 Å². The monoisotopic (exact) mass is 445 g/mol. The van der Waals surface area contributed by atoms with Gasteiger partial charge in [0.15, 0.2) is 15.7 Å². The van der Waals surface area contributed by atoms with Crippen LogP contribution in [0.2, 0.25) is 0 Å². The van der Waals surface area contributed by atoms with E-state index < -0.39 is 15.8 Å². The second-order valence-corrected chi connectivity index (χ2v) is 9.88. The van der Waals surface area contributed by atoms with Gasteiger partial charge in [0, 0.05) is 37.3 Å². The van der Waals surface area contributed by atoms with Crippen LogP contribution in [0.3, 0.4) is 0 Å². The van der Waals surface area contributed by atoms with Gasteiger partial charge in [0.1, 0.15) is 0 Å². The number of nitrogens with zero attached hydrogens (tertiary/aromatic N) is 3.